The lowest BCUT2D eigenvalue weighted by molar-refractivity contribution is -0.0414. The molecule has 0 nitrogen and oxygen atoms in total. The average molecular weight is 290 g/mol. The zero-order valence-electron chi connectivity index (χ0n) is 10.2. The number of benzene rings is 1. The highest BCUT2D eigenvalue weighted by molar-refractivity contribution is 8.33. The molecule has 0 aromatic heterocycles. The summed E-state index contributed by atoms with van der Waals surface area (Å²) in [7, 11) is -4.34. The van der Waals surface area contributed by atoms with Crippen LogP contribution in [0.4, 0.5) is 17.1 Å². The second-order valence-electron chi connectivity index (χ2n) is 5.05. The third-order valence-electron chi connectivity index (χ3n) is 3.92. The van der Waals surface area contributed by atoms with Gasteiger partial charge >= 0.3 is 5.51 Å². The van der Waals surface area contributed by atoms with Gasteiger partial charge in [-0.15, -0.1) is 0 Å². The first-order valence-electron chi connectivity index (χ1n) is 6.34. The Labute approximate surface area is 111 Å². The van der Waals surface area contributed by atoms with Gasteiger partial charge in [-0.05, 0) is 36.5 Å². The smallest absolute Gasteiger partial charge is 0.172 e. The molecule has 0 radical (unpaired) electrons. The summed E-state index contributed by atoms with van der Waals surface area (Å²) in [5.74, 6) is -0.242. The fourth-order valence-corrected chi connectivity index (χ4v) is 5.51. The van der Waals surface area contributed by atoms with Gasteiger partial charge in [0.2, 0.25) is 0 Å². The van der Waals surface area contributed by atoms with Crippen molar-refractivity contribution >= 4 is 16.5 Å². The molecule has 5 heteroatoms. The normalized spacial score (nSPS) is 30.8. The monoisotopic (exact) mass is 290 g/mol. The van der Waals surface area contributed by atoms with E-state index in [9.17, 15) is 13.2 Å². The second kappa shape index (κ2) is 4.27. The Bertz CT molecular complexity index is 528. The lowest BCUT2D eigenvalue weighted by Gasteiger charge is -2.34. The van der Waals surface area contributed by atoms with Gasteiger partial charge in [-0.1, -0.05) is 31.0 Å². The van der Waals surface area contributed by atoms with Crippen LogP contribution in [0.5, 0.6) is 0 Å². The highest BCUT2D eigenvalue weighted by Crippen LogP contribution is 2.79. The fourth-order valence-electron chi connectivity index (χ4n) is 3.03. The number of rotatable bonds is 1. The van der Waals surface area contributed by atoms with Crippen molar-refractivity contribution in [2.45, 2.75) is 36.1 Å². The van der Waals surface area contributed by atoms with Crippen LogP contribution in [-0.2, 0) is 0 Å². The molecule has 1 aromatic rings. The predicted octanol–water partition coefficient (Wildman–Crippen LogP) is 5.80. The van der Waals surface area contributed by atoms with Gasteiger partial charge in [-0.3, -0.25) is 0 Å². The maximum atomic E-state index is 15.0. The van der Waals surface area contributed by atoms with E-state index in [1.54, 1.807) is 12.1 Å². The minimum atomic E-state index is -4.81. The van der Waals surface area contributed by atoms with E-state index in [-0.39, 0.29) is 15.7 Å². The highest BCUT2D eigenvalue weighted by Gasteiger charge is 2.59. The Hall–Kier alpha value is -0.970. The van der Waals surface area contributed by atoms with Crippen LogP contribution in [-0.4, -0.2) is 5.51 Å². The van der Waals surface area contributed by atoms with Crippen molar-refractivity contribution in [3.63, 3.8) is 0 Å². The molecule has 19 heavy (non-hydrogen) atoms. The van der Waals surface area contributed by atoms with E-state index < -0.39 is 15.9 Å². The van der Waals surface area contributed by atoms with E-state index in [2.05, 4.69) is 0 Å². The number of alkyl halides is 3. The van der Waals surface area contributed by atoms with Crippen LogP contribution in [0.25, 0.3) is 6.08 Å². The van der Waals surface area contributed by atoms with Crippen molar-refractivity contribution in [1.82, 2.24) is 0 Å². The van der Waals surface area contributed by atoms with Crippen molar-refractivity contribution in [2.24, 2.45) is 5.92 Å². The summed E-state index contributed by atoms with van der Waals surface area (Å²) in [4.78, 5) is -0.164. The Morgan fingerprint density at radius 3 is 2.32 bits per heavy atom. The molecule has 1 heterocycles. The molecule has 1 aromatic carbocycles. The van der Waals surface area contributed by atoms with E-state index in [0.29, 0.717) is 18.4 Å². The van der Waals surface area contributed by atoms with Crippen LogP contribution in [0.15, 0.2) is 34.1 Å². The molecular weight excluding hydrogens is 276 g/mol. The maximum absolute atomic E-state index is 15.0. The molecule has 1 atom stereocenters. The molecule has 2 aliphatic rings. The standard InChI is InChI=1S/C14H14F4S/c15-14(16,17)19(18)12-8-4-3-7-11(12)9-13(19)10-5-1-2-6-10/h3-4,7-10H,1-2,5-6H2. The molecule has 104 valence electrons. The lowest BCUT2D eigenvalue weighted by atomic mass is 10.1. The second-order valence-corrected chi connectivity index (χ2v) is 7.50. The summed E-state index contributed by atoms with van der Waals surface area (Å²) in [5, 5.41) is 0. The summed E-state index contributed by atoms with van der Waals surface area (Å²) in [6.45, 7) is 0. The van der Waals surface area contributed by atoms with Gasteiger partial charge in [-0.2, -0.15) is 17.1 Å². The summed E-state index contributed by atoms with van der Waals surface area (Å²) in [5.41, 5.74) is -4.41. The third kappa shape index (κ3) is 1.82. The Morgan fingerprint density at radius 1 is 1.05 bits per heavy atom. The van der Waals surface area contributed by atoms with Crippen molar-refractivity contribution < 1.29 is 17.1 Å². The summed E-state index contributed by atoms with van der Waals surface area (Å²) < 4.78 is 55.1. The Morgan fingerprint density at radius 2 is 1.68 bits per heavy atom. The van der Waals surface area contributed by atoms with Gasteiger partial charge in [0.05, 0.1) is 10.4 Å². The molecule has 0 amide bonds. The first-order valence-corrected chi connectivity index (χ1v) is 7.88. The van der Waals surface area contributed by atoms with Gasteiger partial charge in [0.1, 0.15) is 0 Å². The minimum Gasteiger partial charge on any atom is -0.172 e. The van der Waals surface area contributed by atoms with Gasteiger partial charge in [-0.25, -0.2) is 0 Å². The third-order valence-corrected chi connectivity index (χ3v) is 6.64. The molecule has 0 N–H and O–H groups in total. The van der Waals surface area contributed by atoms with Crippen LogP contribution in [0.2, 0.25) is 0 Å². The molecule has 1 saturated carbocycles. The van der Waals surface area contributed by atoms with E-state index in [4.69, 9.17) is 0 Å². The van der Waals surface area contributed by atoms with Crippen LogP contribution in [0, 0.1) is 5.92 Å². The molecule has 1 aliphatic heterocycles. The molecule has 1 fully saturated rings. The van der Waals surface area contributed by atoms with Crippen molar-refractivity contribution in [2.75, 3.05) is 0 Å². The zero-order valence-corrected chi connectivity index (χ0v) is 11.0. The first kappa shape index (κ1) is 13.0. The van der Waals surface area contributed by atoms with Crippen molar-refractivity contribution in [1.29, 1.82) is 0 Å². The summed E-state index contributed by atoms with van der Waals surface area (Å²) in [6.07, 6.45) is 4.59. The van der Waals surface area contributed by atoms with Crippen LogP contribution < -0.4 is 0 Å². The number of halogens is 4. The van der Waals surface area contributed by atoms with Gasteiger partial charge in [0.15, 0.2) is 0 Å². The van der Waals surface area contributed by atoms with E-state index in [1.807, 2.05) is 0 Å². The Kier molecular flexibility index (Phi) is 2.93. The van der Waals surface area contributed by atoms with Crippen molar-refractivity contribution in [3.05, 3.63) is 34.7 Å². The number of hydrogen-bond donors (Lipinski definition) is 0. The molecule has 0 saturated heterocycles. The number of fused-ring (bicyclic) bond motifs is 1. The summed E-state index contributed by atoms with van der Waals surface area (Å²) >= 11 is 0. The quantitative estimate of drug-likeness (QED) is 0.573. The highest BCUT2D eigenvalue weighted by atomic mass is 32.3. The van der Waals surface area contributed by atoms with Gasteiger partial charge in [0, 0.05) is 9.80 Å². The van der Waals surface area contributed by atoms with Gasteiger partial charge in [0.25, 0.3) is 0 Å². The van der Waals surface area contributed by atoms with Crippen LogP contribution in [0.1, 0.15) is 31.2 Å². The largest absolute Gasteiger partial charge is 0.459 e. The van der Waals surface area contributed by atoms with Crippen molar-refractivity contribution in [3.8, 4) is 0 Å². The molecule has 0 bridgehead atoms. The minimum absolute atomic E-state index is 0.00120. The molecule has 1 aliphatic carbocycles. The Balaban J connectivity index is 2.14. The van der Waals surface area contributed by atoms with E-state index in [1.165, 1.54) is 18.2 Å². The molecule has 0 spiro atoms. The zero-order chi connectivity index (χ0) is 13.7. The van der Waals surface area contributed by atoms with E-state index in [0.717, 1.165) is 12.8 Å². The SMILES string of the molecule is FC(F)(F)S1(F)C(C2CCCC2)=Cc2ccccc21. The topological polar surface area (TPSA) is 0 Å². The maximum Gasteiger partial charge on any atom is 0.459 e. The van der Waals surface area contributed by atoms with Gasteiger partial charge < -0.3 is 0 Å². The predicted molar refractivity (Wildman–Crippen MR) is 69.4 cm³/mol. The fraction of sp³-hybridized carbons (Fsp3) is 0.429. The average Bonchev–Trinajstić information content (AvgIpc) is 2.95. The molecule has 3 rings (SSSR count). The van der Waals surface area contributed by atoms with E-state index >= 15 is 3.89 Å². The molecular formula is C14H14F4S. The first-order chi connectivity index (χ1) is 8.94. The number of hydrogen-bond acceptors (Lipinski definition) is 0. The number of allylic oxidation sites excluding steroid dienone is 1. The molecule has 1 unspecified atom stereocenters. The lowest BCUT2D eigenvalue weighted by Crippen LogP contribution is -2.19. The van der Waals surface area contributed by atoms with Crippen LogP contribution in [0.3, 0.4) is 0 Å². The summed E-state index contributed by atoms with van der Waals surface area (Å²) in [6, 6.07) is 6.00. The van der Waals surface area contributed by atoms with Crippen LogP contribution >= 0.6 is 10.4 Å².